The van der Waals surface area contributed by atoms with E-state index in [1.807, 2.05) is 38.1 Å². The van der Waals surface area contributed by atoms with E-state index in [0.29, 0.717) is 51.0 Å². The Morgan fingerprint density at radius 3 is 2.41 bits per heavy atom. The van der Waals surface area contributed by atoms with Crippen molar-refractivity contribution in [3.63, 3.8) is 0 Å². The molecule has 39 heavy (non-hydrogen) atoms. The zero-order chi connectivity index (χ0) is 27.9. The molecule has 8 heteroatoms. The number of benzene rings is 2. The molecule has 0 spiro atoms. The Balaban J connectivity index is 1.69. The standard InChI is InChI=1S/C31H40N2O6/c1-5-16-38-25-9-6-23(7-10-25)28-27(29(34)24-8-11-26(22(4)19-24)39-20-21(2)3)30(35)31(36)33(28)13-12-32-14-17-37-18-15-32/h6-11,19,21,28,34H,5,12-18,20H2,1-4H3. The van der Waals surface area contributed by atoms with Crippen LogP contribution >= 0.6 is 0 Å². The number of aryl methyl sites for hydroxylation is 1. The van der Waals surface area contributed by atoms with E-state index in [4.69, 9.17) is 14.2 Å². The Kier molecular flexibility index (Phi) is 9.64. The van der Waals surface area contributed by atoms with Crippen molar-refractivity contribution in [2.45, 2.75) is 40.2 Å². The van der Waals surface area contributed by atoms with Crippen LogP contribution in [0.3, 0.4) is 0 Å². The summed E-state index contributed by atoms with van der Waals surface area (Å²) in [6.07, 6.45) is 0.893. The van der Waals surface area contributed by atoms with Gasteiger partial charge in [-0.25, -0.2) is 0 Å². The zero-order valence-corrected chi connectivity index (χ0v) is 23.4. The van der Waals surface area contributed by atoms with E-state index in [0.717, 1.165) is 42.1 Å². The molecule has 2 fully saturated rings. The van der Waals surface area contributed by atoms with Crippen LogP contribution in [0.1, 0.15) is 49.9 Å². The SMILES string of the molecule is CCCOc1ccc(C2C(=C(O)c3ccc(OCC(C)C)c(C)c3)C(=O)C(=O)N2CCN2CCOCC2)cc1. The number of aliphatic hydroxyl groups is 1. The number of likely N-dealkylation sites (tertiary alicyclic amines) is 1. The van der Waals surface area contributed by atoms with E-state index in [-0.39, 0.29) is 11.3 Å². The van der Waals surface area contributed by atoms with Crippen LogP contribution in [0.15, 0.2) is 48.0 Å². The van der Waals surface area contributed by atoms with Crippen molar-refractivity contribution >= 4 is 17.4 Å². The van der Waals surface area contributed by atoms with Crippen LogP contribution in [-0.2, 0) is 14.3 Å². The first-order valence-corrected chi connectivity index (χ1v) is 13.8. The molecule has 210 valence electrons. The highest BCUT2D eigenvalue weighted by molar-refractivity contribution is 6.46. The third-order valence-corrected chi connectivity index (χ3v) is 6.99. The van der Waals surface area contributed by atoms with Gasteiger partial charge in [0, 0.05) is 31.7 Å². The molecule has 1 unspecified atom stereocenters. The lowest BCUT2D eigenvalue weighted by Gasteiger charge is -2.31. The Morgan fingerprint density at radius 2 is 1.77 bits per heavy atom. The first kappa shape index (κ1) is 28.6. The number of morpholine rings is 1. The number of amides is 1. The zero-order valence-electron chi connectivity index (χ0n) is 23.4. The highest BCUT2D eigenvalue weighted by Gasteiger charge is 2.46. The van der Waals surface area contributed by atoms with Crippen molar-refractivity contribution in [1.82, 2.24) is 9.80 Å². The molecular formula is C31H40N2O6. The summed E-state index contributed by atoms with van der Waals surface area (Å²) in [5, 5.41) is 11.5. The maximum atomic E-state index is 13.4. The Morgan fingerprint density at radius 1 is 1.05 bits per heavy atom. The minimum atomic E-state index is -0.705. The molecular weight excluding hydrogens is 496 g/mol. The van der Waals surface area contributed by atoms with Gasteiger partial charge in [-0.05, 0) is 60.7 Å². The molecule has 2 heterocycles. The number of hydrogen-bond acceptors (Lipinski definition) is 7. The number of nitrogens with zero attached hydrogens (tertiary/aromatic N) is 2. The molecule has 0 saturated carbocycles. The van der Waals surface area contributed by atoms with E-state index in [1.54, 1.807) is 23.1 Å². The molecule has 2 aliphatic rings. The van der Waals surface area contributed by atoms with Crippen molar-refractivity contribution < 1.29 is 28.9 Å². The summed E-state index contributed by atoms with van der Waals surface area (Å²) in [4.78, 5) is 30.5. The second-order valence-corrected chi connectivity index (χ2v) is 10.5. The van der Waals surface area contributed by atoms with Crippen molar-refractivity contribution in [1.29, 1.82) is 0 Å². The molecule has 8 nitrogen and oxygen atoms in total. The largest absolute Gasteiger partial charge is 0.507 e. The monoisotopic (exact) mass is 536 g/mol. The van der Waals surface area contributed by atoms with Crippen molar-refractivity contribution in [2.75, 3.05) is 52.6 Å². The maximum absolute atomic E-state index is 13.4. The fourth-order valence-corrected chi connectivity index (χ4v) is 4.87. The van der Waals surface area contributed by atoms with Gasteiger partial charge in [0.25, 0.3) is 11.7 Å². The fraction of sp³-hybridized carbons (Fsp3) is 0.484. The van der Waals surface area contributed by atoms with Crippen LogP contribution < -0.4 is 9.47 Å². The second-order valence-electron chi connectivity index (χ2n) is 10.5. The highest BCUT2D eigenvalue weighted by atomic mass is 16.5. The Bertz CT molecular complexity index is 1180. The average Bonchev–Trinajstić information content (AvgIpc) is 3.19. The summed E-state index contributed by atoms with van der Waals surface area (Å²) >= 11 is 0. The van der Waals surface area contributed by atoms with Crippen LogP contribution in [0, 0.1) is 12.8 Å². The molecule has 0 aromatic heterocycles. The van der Waals surface area contributed by atoms with E-state index >= 15 is 0 Å². The molecule has 0 aliphatic carbocycles. The molecule has 2 aromatic carbocycles. The van der Waals surface area contributed by atoms with Gasteiger partial charge in [0.1, 0.15) is 17.3 Å². The average molecular weight is 537 g/mol. The van der Waals surface area contributed by atoms with Crippen LogP contribution in [0.2, 0.25) is 0 Å². The minimum Gasteiger partial charge on any atom is -0.507 e. The van der Waals surface area contributed by atoms with Gasteiger partial charge in [-0.3, -0.25) is 14.5 Å². The van der Waals surface area contributed by atoms with Gasteiger partial charge in [-0.1, -0.05) is 32.9 Å². The molecule has 4 rings (SSSR count). The number of rotatable bonds is 11. The summed E-state index contributed by atoms with van der Waals surface area (Å²) in [5.74, 6) is 0.365. The van der Waals surface area contributed by atoms with Crippen LogP contribution in [0.4, 0.5) is 0 Å². The van der Waals surface area contributed by atoms with Crippen molar-refractivity contribution in [3.8, 4) is 11.5 Å². The molecule has 2 saturated heterocycles. The number of aliphatic hydroxyl groups excluding tert-OH is 1. The Hall–Kier alpha value is -3.36. The minimum absolute atomic E-state index is 0.0967. The third kappa shape index (κ3) is 6.81. The first-order chi connectivity index (χ1) is 18.8. The maximum Gasteiger partial charge on any atom is 0.295 e. The van der Waals surface area contributed by atoms with Gasteiger partial charge >= 0.3 is 0 Å². The molecule has 0 radical (unpaired) electrons. The molecule has 2 aromatic rings. The van der Waals surface area contributed by atoms with Crippen molar-refractivity contribution in [2.24, 2.45) is 5.92 Å². The topological polar surface area (TPSA) is 88.5 Å². The lowest BCUT2D eigenvalue weighted by molar-refractivity contribution is -0.140. The number of carbonyl (C=O) groups is 2. The lowest BCUT2D eigenvalue weighted by Crippen LogP contribution is -2.42. The third-order valence-electron chi connectivity index (χ3n) is 6.99. The van der Waals surface area contributed by atoms with E-state index in [2.05, 4.69) is 18.7 Å². The molecule has 0 bridgehead atoms. The molecule has 1 N–H and O–H groups in total. The summed E-state index contributed by atoms with van der Waals surface area (Å²) < 4.78 is 17.1. The molecule has 2 aliphatic heterocycles. The second kappa shape index (κ2) is 13.1. The van der Waals surface area contributed by atoms with Gasteiger partial charge in [-0.2, -0.15) is 0 Å². The van der Waals surface area contributed by atoms with Crippen molar-refractivity contribution in [3.05, 3.63) is 64.7 Å². The predicted octanol–water partition coefficient (Wildman–Crippen LogP) is 4.57. The number of carbonyl (C=O) groups excluding carboxylic acids is 2. The van der Waals surface area contributed by atoms with E-state index in [1.165, 1.54) is 0 Å². The lowest BCUT2D eigenvalue weighted by atomic mass is 9.94. The molecule has 1 atom stereocenters. The smallest absolute Gasteiger partial charge is 0.295 e. The van der Waals surface area contributed by atoms with Crippen LogP contribution in [-0.4, -0.2) is 79.2 Å². The van der Waals surface area contributed by atoms with Crippen LogP contribution in [0.5, 0.6) is 11.5 Å². The summed E-state index contributed by atoms with van der Waals surface area (Å²) in [5.41, 5.74) is 2.16. The predicted molar refractivity (Wildman–Crippen MR) is 150 cm³/mol. The summed E-state index contributed by atoms with van der Waals surface area (Å²) in [7, 11) is 0. The number of ether oxygens (including phenoxy) is 3. The summed E-state index contributed by atoms with van der Waals surface area (Å²) in [6.45, 7) is 13.1. The normalized spacial score (nSPS) is 19.6. The van der Waals surface area contributed by atoms with Gasteiger partial charge in [-0.15, -0.1) is 0 Å². The van der Waals surface area contributed by atoms with Gasteiger partial charge in [0.2, 0.25) is 0 Å². The van der Waals surface area contributed by atoms with E-state index in [9.17, 15) is 14.7 Å². The fourth-order valence-electron chi connectivity index (χ4n) is 4.87. The number of Topliss-reactive ketones (excluding diaryl/α,β-unsaturated/α-hetero) is 1. The Labute approximate surface area is 231 Å². The summed E-state index contributed by atoms with van der Waals surface area (Å²) in [6, 6.07) is 12.0. The van der Waals surface area contributed by atoms with E-state index < -0.39 is 17.7 Å². The van der Waals surface area contributed by atoms with Gasteiger partial charge in [0.05, 0.1) is 38.0 Å². The molecule has 1 amide bonds. The quantitative estimate of drug-likeness (QED) is 0.256. The number of ketones is 1. The van der Waals surface area contributed by atoms with Gasteiger partial charge in [0.15, 0.2) is 0 Å². The number of hydrogen-bond donors (Lipinski definition) is 1. The highest BCUT2D eigenvalue weighted by Crippen LogP contribution is 2.40. The van der Waals surface area contributed by atoms with Gasteiger partial charge < -0.3 is 24.2 Å². The first-order valence-electron chi connectivity index (χ1n) is 13.8. The van der Waals surface area contributed by atoms with Crippen LogP contribution in [0.25, 0.3) is 5.76 Å².